The summed E-state index contributed by atoms with van der Waals surface area (Å²) in [5, 5.41) is 11.4. The number of halogens is 1. The van der Waals surface area contributed by atoms with Gasteiger partial charge in [-0.05, 0) is 23.3 Å². The molecule has 2 aromatic heterocycles. The summed E-state index contributed by atoms with van der Waals surface area (Å²) in [6.07, 6.45) is 1.11. The summed E-state index contributed by atoms with van der Waals surface area (Å²) in [6.45, 7) is 0. The standard InChI is InChI=1S/C20H14ClNO4S2/c1-28(25,26)13-9-7-12(8-10-13)15-17(23)16-14(11-5-3-2-4-6-11)18(21)27-20(16)22-19(15)24/h2-10H,1H3,(H2,22,23,24). The Morgan fingerprint density at radius 3 is 2.18 bits per heavy atom. The molecule has 8 heteroatoms. The minimum atomic E-state index is -3.36. The number of H-pyrrole nitrogens is 1. The molecular formula is C20H14ClNO4S2. The van der Waals surface area contributed by atoms with Crippen LogP contribution in [0.25, 0.3) is 32.5 Å². The van der Waals surface area contributed by atoms with E-state index in [-0.39, 0.29) is 16.2 Å². The summed E-state index contributed by atoms with van der Waals surface area (Å²) in [7, 11) is -3.36. The van der Waals surface area contributed by atoms with E-state index in [0.717, 1.165) is 11.8 Å². The zero-order valence-electron chi connectivity index (χ0n) is 14.6. The molecule has 5 nitrogen and oxygen atoms in total. The van der Waals surface area contributed by atoms with Crippen molar-refractivity contribution >= 4 is 43.0 Å². The van der Waals surface area contributed by atoms with Gasteiger partial charge in [0.1, 0.15) is 14.9 Å². The molecule has 28 heavy (non-hydrogen) atoms. The molecule has 0 saturated carbocycles. The Kier molecular flexibility index (Phi) is 4.53. The lowest BCUT2D eigenvalue weighted by atomic mass is 10.0. The van der Waals surface area contributed by atoms with Crippen LogP contribution in [-0.2, 0) is 9.84 Å². The molecule has 0 aliphatic carbocycles. The van der Waals surface area contributed by atoms with Crippen molar-refractivity contribution in [3.05, 3.63) is 69.3 Å². The average Bonchev–Trinajstić information content (AvgIpc) is 2.98. The van der Waals surface area contributed by atoms with E-state index in [1.54, 1.807) is 0 Å². The Labute approximate surface area is 169 Å². The number of hydrogen-bond acceptors (Lipinski definition) is 5. The van der Waals surface area contributed by atoms with Gasteiger partial charge in [-0.3, -0.25) is 4.79 Å². The number of sulfone groups is 1. The lowest BCUT2D eigenvalue weighted by Gasteiger charge is -2.08. The molecule has 0 aliphatic rings. The third-order valence-corrected chi connectivity index (χ3v) is 6.87. The molecule has 0 amide bonds. The smallest absolute Gasteiger partial charge is 0.260 e. The van der Waals surface area contributed by atoms with Crippen LogP contribution in [0.3, 0.4) is 0 Å². The van der Waals surface area contributed by atoms with Crippen molar-refractivity contribution in [2.75, 3.05) is 6.26 Å². The summed E-state index contributed by atoms with van der Waals surface area (Å²) in [5.74, 6) is -0.187. The number of aromatic nitrogens is 1. The maximum Gasteiger partial charge on any atom is 0.260 e. The Hall–Kier alpha value is -2.61. The molecule has 0 unspecified atom stereocenters. The number of nitrogens with one attached hydrogen (secondary N) is 1. The van der Waals surface area contributed by atoms with Crippen LogP contribution >= 0.6 is 22.9 Å². The number of aromatic hydroxyl groups is 1. The Morgan fingerprint density at radius 2 is 1.57 bits per heavy atom. The maximum absolute atomic E-state index is 12.6. The van der Waals surface area contributed by atoms with E-state index in [4.69, 9.17) is 11.6 Å². The fourth-order valence-electron chi connectivity index (χ4n) is 3.11. The van der Waals surface area contributed by atoms with Crippen LogP contribution in [0.2, 0.25) is 4.34 Å². The van der Waals surface area contributed by atoms with Crippen molar-refractivity contribution < 1.29 is 13.5 Å². The lowest BCUT2D eigenvalue weighted by Crippen LogP contribution is -2.08. The van der Waals surface area contributed by atoms with Gasteiger partial charge in [0, 0.05) is 11.8 Å². The van der Waals surface area contributed by atoms with Crippen molar-refractivity contribution in [1.29, 1.82) is 0 Å². The number of thiophene rings is 1. The van der Waals surface area contributed by atoms with Gasteiger partial charge in [0.25, 0.3) is 5.56 Å². The van der Waals surface area contributed by atoms with Gasteiger partial charge in [0.05, 0.1) is 15.8 Å². The molecule has 0 saturated heterocycles. The SMILES string of the molecule is CS(=O)(=O)c1ccc(-c2c(O)c3c(-c4ccccc4)c(Cl)sc3[nH]c2=O)cc1. The minimum absolute atomic E-state index is 0.0687. The first kappa shape index (κ1) is 18.7. The highest BCUT2D eigenvalue weighted by molar-refractivity contribution is 7.90. The van der Waals surface area contributed by atoms with Crippen molar-refractivity contribution in [3.63, 3.8) is 0 Å². The Bertz CT molecular complexity index is 1360. The second-order valence-electron chi connectivity index (χ2n) is 6.30. The first-order valence-corrected chi connectivity index (χ1v) is 11.3. The van der Waals surface area contributed by atoms with Crippen LogP contribution in [0.4, 0.5) is 0 Å². The largest absolute Gasteiger partial charge is 0.506 e. The highest BCUT2D eigenvalue weighted by atomic mass is 35.5. The van der Waals surface area contributed by atoms with Crippen LogP contribution in [0, 0.1) is 0 Å². The van der Waals surface area contributed by atoms with Crippen LogP contribution in [0.15, 0.2) is 64.3 Å². The van der Waals surface area contributed by atoms with E-state index in [1.807, 2.05) is 30.3 Å². The third kappa shape index (κ3) is 3.11. The van der Waals surface area contributed by atoms with Crippen molar-refractivity contribution in [3.8, 4) is 28.0 Å². The summed E-state index contributed by atoms with van der Waals surface area (Å²) >= 11 is 7.60. The first-order valence-electron chi connectivity index (χ1n) is 8.20. The van der Waals surface area contributed by atoms with E-state index < -0.39 is 15.4 Å². The molecule has 2 heterocycles. The van der Waals surface area contributed by atoms with Crippen molar-refractivity contribution in [2.45, 2.75) is 4.90 Å². The molecule has 2 aromatic carbocycles. The van der Waals surface area contributed by atoms with Gasteiger partial charge in [0.15, 0.2) is 9.84 Å². The summed E-state index contributed by atoms with van der Waals surface area (Å²) < 4.78 is 23.8. The summed E-state index contributed by atoms with van der Waals surface area (Å²) in [4.78, 5) is 16.0. The molecular weight excluding hydrogens is 418 g/mol. The fourth-order valence-corrected chi connectivity index (χ4v) is 5.13. The summed E-state index contributed by atoms with van der Waals surface area (Å²) in [5.41, 5.74) is 1.47. The molecule has 0 aliphatic heterocycles. The van der Waals surface area contributed by atoms with E-state index >= 15 is 0 Å². The van der Waals surface area contributed by atoms with Gasteiger partial charge in [-0.1, -0.05) is 54.1 Å². The number of pyridine rings is 1. The van der Waals surface area contributed by atoms with E-state index in [1.165, 1.54) is 35.6 Å². The summed E-state index contributed by atoms with van der Waals surface area (Å²) in [6, 6.07) is 15.2. The van der Waals surface area contributed by atoms with Gasteiger partial charge < -0.3 is 10.1 Å². The van der Waals surface area contributed by atoms with E-state index in [9.17, 15) is 18.3 Å². The fraction of sp³-hybridized carbons (Fsp3) is 0.0500. The van der Waals surface area contributed by atoms with E-state index in [0.29, 0.717) is 25.7 Å². The van der Waals surface area contributed by atoms with Crippen LogP contribution in [0.5, 0.6) is 5.75 Å². The highest BCUT2D eigenvalue weighted by Gasteiger charge is 2.22. The van der Waals surface area contributed by atoms with E-state index in [2.05, 4.69) is 4.98 Å². The molecule has 0 spiro atoms. The molecule has 0 atom stereocenters. The van der Waals surface area contributed by atoms with Crippen molar-refractivity contribution in [2.24, 2.45) is 0 Å². The van der Waals surface area contributed by atoms with Crippen LogP contribution < -0.4 is 5.56 Å². The molecule has 2 N–H and O–H groups in total. The lowest BCUT2D eigenvalue weighted by molar-refractivity contribution is 0.483. The first-order chi connectivity index (χ1) is 13.3. The highest BCUT2D eigenvalue weighted by Crippen LogP contribution is 2.46. The normalized spacial score (nSPS) is 11.8. The molecule has 0 radical (unpaired) electrons. The quantitative estimate of drug-likeness (QED) is 0.492. The number of benzene rings is 2. The van der Waals surface area contributed by atoms with Gasteiger partial charge >= 0.3 is 0 Å². The Morgan fingerprint density at radius 1 is 0.964 bits per heavy atom. The van der Waals surface area contributed by atoms with Gasteiger partial charge in [-0.25, -0.2) is 8.42 Å². The predicted molar refractivity (Wildman–Crippen MR) is 113 cm³/mol. The molecule has 4 aromatic rings. The topological polar surface area (TPSA) is 87.2 Å². The van der Waals surface area contributed by atoms with Gasteiger partial charge in [-0.2, -0.15) is 0 Å². The van der Waals surface area contributed by atoms with Crippen LogP contribution in [0.1, 0.15) is 0 Å². The number of hydrogen-bond donors (Lipinski definition) is 2. The van der Waals surface area contributed by atoms with Crippen LogP contribution in [-0.4, -0.2) is 24.8 Å². The molecule has 4 rings (SSSR count). The monoisotopic (exact) mass is 431 g/mol. The zero-order chi connectivity index (χ0) is 20.1. The predicted octanol–water partition coefficient (Wildman–Crippen LogP) is 4.69. The number of rotatable bonds is 3. The minimum Gasteiger partial charge on any atom is -0.506 e. The van der Waals surface area contributed by atoms with Gasteiger partial charge in [-0.15, -0.1) is 11.3 Å². The average molecular weight is 432 g/mol. The van der Waals surface area contributed by atoms with Crippen molar-refractivity contribution in [1.82, 2.24) is 4.98 Å². The second-order valence-corrected chi connectivity index (χ2v) is 9.93. The zero-order valence-corrected chi connectivity index (χ0v) is 17.0. The number of fused-ring (bicyclic) bond motifs is 1. The molecule has 0 bridgehead atoms. The molecule has 142 valence electrons. The number of aromatic amines is 1. The molecule has 0 fully saturated rings. The Balaban J connectivity index is 2.00. The maximum atomic E-state index is 12.6. The third-order valence-electron chi connectivity index (χ3n) is 4.43. The second kappa shape index (κ2) is 6.77. The van der Waals surface area contributed by atoms with Gasteiger partial charge in [0.2, 0.25) is 0 Å².